The van der Waals surface area contributed by atoms with E-state index in [2.05, 4.69) is 20.6 Å². The van der Waals surface area contributed by atoms with Crippen LogP contribution in [0, 0.1) is 0 Å². The predicted molar refractivity (Wildman–Crippen MR) is 127 cm³/mol. The van der Waals surface area contributed by atoms with Crippen LogP contribution in [-0.2, 0) is 10.1 Å². The molecular formula is C24H16N5NaO5S. The van der Waals surface area contributed by atoms with Crippen LogP contribution in [0.25, 0.3) is 0 Å². The normalized spacial score (nSPS) is 12.2. The van der Waals surface area contributed by atoms with Gasteiger partial charge in [0.2, 0.25) is 5.95 Å². The molecule has 1 aromatic heterocycles. The summed E-state index contributed by atoms with van der Waals surface area (Å²) in [5.41, 5.74) is 6.35. The van der Waals surface area contributed by atoms with Gasteiger partial charge in [0.05, 0.1) is 27.4 Å². The number of hydrogen-bond donors (Lipinski definition) is 3. The van der Waals surface area contributed by atoms with Crippen LogP contribution in [0.1, 0.15) is 31.8 Å². The van der Waals surface area contributed by atoms with Crippen molar-refractivity contribution in [3.63, 3.8) is 0 Å². The fourth-order valence-corrected chi connectivity index (χ4v) is 4.52. The van der Waals surface area contributed by atoms with Gasteiger partial charge in [0.25, 0.3) is 0 Å². The van der Waals surface area contributed by atoms with E-state index in [0.717, 1.165) is 6.07 Å². The van der Waals surface area contributed by atoms with Gasteiger partial charge in [0.1, 0.15) is 10.1 Å². The summed E-state index contributed by atoms with van der Waals surface area (Å²) in [4.78, 5) is 33.9. The number of benzene rings is 3. The number of nitrogens with two attached hydrogens (primary N) is 1. The van der Waals surface area contributed by atoms with Gasteiger partial charge < -0.3 is 20.9 Å². The number of fused-ring (bicyclic) bond motifs is 2. The van der Waals surface area contributed by atoms with E-state index in [1.54, 1.807) is 54.9 Å². The second-order valence-corrected chi connectivity index (χ2v) is 8.99. The van der Waals surface area contributed by atoms with Crippen molar-refractivity contribution in [3.8, 4) is 0 Å². The van der Waals surface area contributed by atoms with Crippen LogP contribution in [0.5, 0.6) is 0 Å². The van der Waals surface area contributed by atoms with Crippen LogP contribution in [-0.4, -0.2) is 34.5 Å². The molecule has 1 heterocycles. The summed E-state index contributed by atoms with van der Waals surface area (Å²) in [6.45, 7) is 0. The number of ketones is 2. The Bertz CT molecular complexity index is 1610. The van der Waals surface area contributed by atoms with Crippen molar-refractivity contribution in [2.45, 2.75) is 4.90 Å². The van der Waals surface area contributed by atoms with Crippen molar-refractivity contribution < 1.29 is 52.1 Å². The molecule has 1 aliphatic carbocycles. The van der Waals surface area contributed by atoms with Gasteiger partial charge in [0.15, 0.2) is 11.6 Å². The van der Waals surface area contributed by atoms with Crippen LogP contribution < -0.4 is 45.9 Å². The van der Waals surface area contributed by atoms with Crippen molar-refractivity contribution in [1.82, 2.24) is 9.97 Å². The van der Waals surface area contributed by atoms with Gasteiger partial charge in [-0.3, -0.25) is 9.59 Å². The molecule has 0 aliphatic heterocycles. The molecule has 10 nitrogen and oxygen atoms in total. The Morgan fingerprint density at radius 1 is 0.778 bits per heavy atom. The van der Waals surface area contributed by atoms with Crippen molar-refractivity contribution >= 4 is 50.4 Å². The maximum absolute atomic E-state index is 13.3. The summed E-state index contributed by atoms with van der Waals surface area (Å²) in [7, 11) is -5.04. The molecule has 36 heavy (non-hydrogen) atoms. The first-order chi connectivity index (χ1) is 16.7. The predicted octanol–water partition coefficient (Wildman–Crippen LogP) is 0.229. The fraction of sp³-hybridized carbons (Fsp3) is 0. The molecule has 0 atom stereocenters. The molecule has 0 unspecified atom stereocenters. The Morgan fingerprint density at radius 3 is 1.86 bits per heavy atom. The summed E-state index contributed by atoms with van der Waals surface area (Å²) in [6.07, 6.45) is 3.18. The smallest absolute Gasteiger partial charge is 0.744 e. The molecule has 5 rings (SSSR count). The molecule has 3 aromatic carbocycles. The van der Waals surface area contributed by atoms with Gasteiger partial charge in [-0.1, -0.05) is 24.3 Å². The molecule has 4 aromatic rings. The Labute approximate surface area is 228 Å². The first-order valence-corrected chi connectivity index (χ1v) is 11.7. The van der Waals surface area contributed by atoms with Crippen LogP contribution >= 0.6 is 0 Å². The van der Waals surface area contributed by atoms with Gasteiger partial charge in [-0.2, -0.15) is 0 Å². The minimum Gasteiger partial charge on any atom is -0.744 e. The number of carbonyl (C=O) groups is 2. The zero-order valence-corrected chi connectivity index (χ0v) is 21.7. The van der Waals surface area contributed by atoms with Gasteiger partial charge in [-0.25, -0.2) is 18.4 Å². The SMILES string of the molecule is Nc1c(S(=O)(=O)[O-])cc(Nc2ccc(Nc3ncccn3)cc2)c2c1C(=O)c1ccccc1C2=O.[Na+]. The van der Waals surface area contributed by atoms with Crippen LogP contribution in [0.3, 0.4) is 0 Å². The van der Waals surface area contributed by atoms with E-state index in [-0.39, 0.29) is 57.5 Å². The fourth-order valence-electron chi connectivity index (χ4n) is 3.88. The van der Waals surface area contributed by atoms with Gasteiger partial charge in [0, 0.05) is 34.9 Å². The van der Waals surface area contributed by atoms with Crippen LogP contribution in [0.4, 0.5) is 28.7 Å². The Balaban J connectivity index is 0.00000304. The monoisotopic (exact) mass is 509 g/mol. The summed E-state index contributed by atoms with van der Waals surface area (Å²) < 4.78 is 35.7. The van der Waals surface area contributed by atoms with Crippen molar-refractivity contribution in [1.29, 1.82) is 0 Å². The molecule has 174 valence electrons. The topological polar surface area (TPSA) is 167 Å². The molecule has 0 saturated heterocycles. The standard InChI is InChI=1S/C24H17N5O5S.Na/c25-21-18(35(32,33)34)12-17(19-20(21)23(31)16-5-2-1-4-15(16)22(19)30)28-13-6-8-14(9-7-13)29-24-26-10-3-11-27-24;/h1-12,28H,25H2,(H,26,27,29)(H,32,33,34);/q;+1/p-1. The molecule has 0 amide bonds. The van der Waals surface area contributed by atoms with Crippen molar-refractivity contribution in [3.05, 3.63) is 95.3 Å². The van der Waals surface area contributed by atoms with Crippen molar-refractivity contribution in [2.24, 2.45) is 0 Å². The number of carbonyl (C=O) groups excluding carboxylic acids is 2. The first-order valence-electron chi connectivity index (χ1n) is 10.3. The quantitative estimate of drug-likeness (QED) is 0.169. The third kappa shape index (κ3) is 4.62. The number of aromatic nitrogens is 2. The van der Waals surface area contributed by atoms with E-state index in [1.807, 2.05) is 0 Å². The third-order valence-electron chi connectivity index (χ3n) is 5.46. The zero-order valence-electron chi connectivity index (χ0n) is 18.8. The number of rotatable bonds is 5. The largest absolute Gasteiger partial charge is 1.00 e. The third-order valence-corrected chi connectivity index (χ3v) is 6.33. The molecule has 4 N–H and O–H groups in total. The van der Waals surface area contributed by atoms with E-state index in [0.29, 0.717) is 17.3 Å². The maximum atomic E-state index is 13.3. The Kier molecular flexibility index (Phi) is 6.94. The molecule has 0 bridgehead atoms. The summed E-state index contributed by atoms with van der Waals surface area (Å²) in [6, 6.07) is 15.5. The number of nitrogens with one attached hydrogen (secondary N) is 2. The average Bonchev–Trinajstić information content (AvgIpc) is 2.84. The minimum atomic E-state index is -5.04. The molecular weight excluding hydrogens is 493 g/mol. The second-order valence-electron chi connectivity index (χ2n) is 7.64. The van der Waals surface area contributed by atoms with E-state index < -0.39 is 32.3 Å². The Morgan fingerprint density at radius 2 is 1.31 bits per heavy atom. The van der Waals surface area contributed by atoms with Crippen LogP contribution in [0.15, 0.2) is 78.0 Å². The van der Waals surface area contributed by atoms with E-state index in [4.69, 9.17) is 5.73 Å². The second kappa shape index (κ2) is 9.80. The van der Waals surface area contributed by atoms with Gasteiger partial charge in [-0.05, 0) is 36.4 Å². The molecule has 0 saturated carbocycles. The zero-order chi connectivity index (χ0) is 24.7. The molecule has 0 spiro atoms. The number of nitrogen functional groups attached to an aromatic ring is 1. The number of anilines is 5. The summed E-state index contributed by atoms with van der Waals surface area (Å²) >= 11 is 0. The molecule has 12 heteroatoms. The summed E-state index contributed by atoms with van der Waals surface area (Å²) in [5.74, 6) is -0.753. The molecule has 0 radical (unpaired) electrons. The number of hydrogen-bond acceptors (Lipinski definition) is 10. The number of nitrogens with zero attached hydrogens (tertiary/aromatic N) is 2. The van der Waals surface area contributed by atoms with E-state index in [9.17, 15) is 22.6 Å². The average molecular weight is 509 g/mol. The molecule has 1 aliphatic rings. The first kappa shape index (κ1) is 25.5. The maximum Gasteiger partial charge on any atom is 1.00 e. The molecule has 0 fully saturated rings. The van der Waals surface area contributed by atoms with Gasteiger partial charge in [-0.15, -0.1) is 0 Å². The minimum absolute atomic E-state index is 0. The van der Waals surface area contributed by atoms with Gasteiger partial charge >= 0.3 is 29.6 Å². The van der Waals surface area contributed by atoms with E-state index in [1.165, 1.54) is 12.1 Å². The summed E-state index contributed by atoms with van der Waals surface area (Å²) in [5, 5.41) is 5.97. The van der Waals surface area contributed by atoms with E-state index >= 15 is 0 Å². The van der Waals surface area contributed by atoms with Crippen LogP contribution in [0.2, 0.25) is 0 Å². The Hall–Kier alpha value is -3.61. The van der Waals surface area contributed by atoms with Crippen molar-refractivity contribution in [2.75, 3.05) is 16.4 Å².